The highest BCUT2D eigenvalue weighted by Crippen LogP contribution is 2.57. The minimum atomic E-state index is -0.825. The van der Waals surface area contributed by atoms with Crippen molar-refractivity contribution >= 4 is 11.9 Å². The van der Waals surface area contributed by atoms with Crippen molar-refractivity contribution in [3.63, 3.8) is 0 Å². The Labute approximate surface area is 132 Å². The van der Waals surface area contributed by atoms with Crippen LogP contribution in [0.3, 0.4) is 0 Å². The van der Waals surface area contributed by atoms with Gasteiger partial charge in [-0.3, -0.25) is 9.59 Å². The highest BCUT2D eigenvalue weighted by atomic mass is 16.5. The van der Waals surface area contributed by atoms with E-state index in [-0.39, 0.29) is 29.4 Å². The molecule has 0 bridgehead atoms. The minimum absolute atomic E-state index is 0.0323. The Morgan fingerprint density at radius 3 is 2.36 bits per heavy atom. The Hall–Kier alpha value is -1.10. The van der Waals surface area contributed by atoms with Crippen LogP contribution in [0, 0.1) is 17.3 Å². The molecule has 22 heavy (non-hydrogen) atoms. The lowest BCUT2D eigenvalue weighted by atomic mass is 9.59. The maximum absolute atomic E-state index is 12.7. The first-order valence-electron chi connectivity index (χ1n) is 8.62. The number of hydrogen-bond acceptors (Lipinski definition) is 3. The molecule has 5 nitrogen and oxygen atoms in total. The van der Waals surface area contributed by atoms with Crippen molar-refractivity contribution in [3.8, 4) is 0 Å². The summed E-state index contributed by atoms with van der Waals surface area (Å²) >= 11 is 0. The topological polar surface area (TPSA) is 66.8 Å². The van der Waals surface area contributed by atoms with E-state index in [2.05, 4.69) is 0 Å². The molecule has 3 fully saturated rings. The van der Waals surface area contributed by atoms with Gasteiger partial charge in [-0.15, -0.1) is 0 Å². The zero-order valence-corrected chi connectivity index (χ0v) is 13.6. The van der Waals surface area contributed by atoms with E-state index in [0.29, 0.717) is 6.42 Å². The molecule has 3 saturated carbocycles. The van der Waals surface area contributed by atoms with Crippen LogP contribution in [0.2, 0.25) is 0 Å². The first-order valence-corrected chi connectivity index (χ1v) is 8.62. The molecular formula is C17H27NO4. The summed E-state index contributed by atoms with van der Waals surface area (Å²) in [5.41, 5.74) is 0.128. The first kappa shape index (κ1) is 15.8. The number of rotatable bonds is 5. The van der Waals surface area contributed by atoms with Gasteiger partial charge in [0, 0.05) is 25.1 Å². The van der Waals surface area contributed by atoms with Crippen molar-refractivity contribution < 1.29 is 19.4 Å². The quantitative estimate of drug-likeness (QED) is 0.846. The summed E-state index contributed by atoms with van der Waals surface area (Å²) in [4.78, 5) is 25.7. The molecule has 124 valence electrons. The van der Waals surface area contributed by atoms with Crippen LogP contribution in [0.5, 0.6) is 0 Å². The Bertz CT molecular complexity index is 458. The standard InChI is InChI=1S/C17H27NO4/c1-3-22-14-10-13(17(14)8-4-5-9-17)18(2)15(19)11-6-7-12(11)16(20)21/h11-14H,3-10H2,1-2H3,(H,20,21). The van der Waals surface area contributed by atoms with Gasteiger partial charge in [-0.2, -0.15) is 0 Å². The number of carbonyl (C=O) groups excluding carboxylic acids is 1. The minimum Gasteiger partial charge on any atom is -0.481 e. The smallest absolute Gasteiger partial charge is 0.307 e. The SMILES string of the molecule is CCOC1CC(N(C)C(=O)C2CCC2C(=O)O)C12CCCC2. The highest BCUT2D eigenvalue weighted by molar-refractivity contribution is 5.86. The molecule has 0 radical (unpaired) electrons. The third kappa shape index (κ3) is 2.25. The summed E-state index contributed by atoms with van der Waals surface area (Å²) in [5.74, 6) is -1.58. The lowest BCUT2D eigenvalue weighted by molar-refractivity contribution is -0.180. The van der Waals surface area contributed by atoms with E-state index in [9.17, 15) is 14.7 Å². The predicted molar refractivity (Wildman–Crippen MR) is 81.3 cm³/mol. The molecule has 1 amide bonds. The van der Waals surface area contributed by atoms with Gasteiger partial charge in [0.2, 0.25) is 5.91 Å². The Morgan fingerprint density at radius 1 is 1.23 bits per heavy atom. The summed E-state index contributed by atoms with van der Waals surface area (Å²) in [6.07, 6.45) is 7.22. The average molecular weight is 309 g/mol. The first-order chi connectivity index (χ1) is 10.5. The van der Waals surface area contributed by atoms with Gasteiger partial charge in [-0.05, 0) is 39.0 Å². The van der Waals surface area contributed by atoms with Crippen LogP contribution in [-0.2, 0) is 14.3 Å². The van der Waals surface area contributed by atoms with E-state index in [1.807, 2.05) is 18.9 Å². The number of hydrogen-bond donors (Lipinski definition) is 1. The van der Waals surface area contributed by atoms with Crippen molar-refractivity contribution in [1.29, 1.82) is 0 Å². The molecule has 0 aliphatic heterocycles. The van der Waals surface area contributed by atoms with Crippen LogP contribution < -0.4 is 0 Å². The molecule has 3 rings (SSSR count). The van der Waals surface area contributed by atoms with E-state index in [0.717, 1.165) is 32.3 Å². The molecule has 4 atom stereocenters. The predicted octanol–water partition coefficient (Wildman–Crippen LogP) is 2.29. The molecule has 0 aromatic carbocycles. The molecule has 3 aliphatic carbocycles. The van der Waals surface area contributed by atoms with E-state index in [4.69, 9.17) is 4.74 Å². The van der Waals surface area contributed by atoms with Gasteiger partial charge in [0.05, 0.1) is 17.9 Å². The largest absolute Gasteiger partial charge is 0.481 e. The molecule has 0 aromatic heterocycles. The molecule has 0 saturated heterocycles. The molecule has 1 N–H and O–H groups in total. The maximum atomic E-state index is 12.7. The number of nitrogens with zero attached hydrogens (tertiary/aromatic N) is 1. The second-order valence-electron chi connectivity index (χ2n) is 7.21. The van der Waals surface area contributed by atoms with Gasteiger partial charge in [-0.1, -0.05) is 12.8 Å². The van der Waals surface area contributed by atoms with Crippen LogP contribution in [-0.4, -0.2) is 47.7 Å². The van der Waals surface area contributed by atoms with Crippen LogP contribution in [0.4, 0.5) is 0 Å². The molecular weight excluding hydrogens is 282 g/mol. The van der Waals surface area contributed by atoms with E-state index in [1.54, 1.807) is 0 Å². The number of aliphatic carboxylic acids is 1. The second kappa shape index (κ2) is 5.84. The summed E-state index contributed by atoms with van der Waals surface area (Å²) in [5, 5.41) is 9.17. The number of ether oxygens (including phenoxy) is 1. The monoisotopic (exact) mass is 309 g/mol. The Morgan fingerprint density at radius 2 is 1.86 bits per heavy atom. The van der Waals surface area contributed by atoms with E-state index >= 15 is 0 Å². The number of carboxylic acids is 1. The Kier molecular flexibility index (Phi) is 4.19. The van der Waals surface area contributed by atoms with Crippen LogP contribution in [0.25, 0.3) is 0 Å². The fraction of sp³-hybridized carbons (Fsp3) is 0.882. The molecule has 0 aromatic rings. The molecule has 5 heteroatoms. The molecule has 1 spiro atoms. The van der Waals surface area contributed by atoms with Crippen molar-refractivity contribution in [3.05, 3.63) is 0 Å². The zero-order chi connectivity index (χ0) is 15.9. The second-order valence-corrected chi connectivity index (χ2v) is 7.21. The summed E-state index contributed by atoms with van der Waals surface area (Å²) in [6.45, 7) is 2.75. The van der Waals surface area contributed by atoms with Gasteiger partial charge in [0.25, 0.3) is 0 Å². The molecule has 4 unspecified atom stereocenters. The fourth-order valence-electron chi connectivity index (χ4n) is 4.90. The zero-order valence-electron chi connectivity index (χ0n) is 13.6. The van der Waals surface area contributed by atoms with Gasteiger partial charge in [0.15, 0.2) is 0 Å². The fourth-order valence-corrected chi connectivity index (χ4v) is 4.90. The van der Waals surface area contributed by atoms with Gasteiger partial charge in [0.1, 0.15) is 0 Å². The third-order valence-corrected chi connectivity index (χ3v) is 6.37. The van der Waals surface area contributed by atoms with Crippen molar-refractivity contribution in [2.75, 3.05) is 13.7 Å². The summed E-state index contributed by atoms with van der Waals surface area (Å²) < 4.78 is 5.90. The van der Waals surface area contributed by atoms with Crippen LogP contribution in [0.1, 0.15) is 51.9 Å². The number of amides is 1. The average Bonchev–Trinajstić information content (AvgIpc) is 2.92. The van der Waals surface area contributed by atoms with E-state index in [1.165, 1.54) is 12.8 Å². The van der Waals surface area contributed by atoms with Crippen molar-refractivity contribution in [1.82, 2.24) is 4.90 Å². The third-order valence-electron chi connectivity index (χ3n) is 6.37. The van der Waals surface area contributed by atoms with Gasteiger partial charge >= 0.3 is 5.97 Å². The molecule has 0 heterocycles. The summed E-state index contributed by atoms with van der Waals surface area (Å²) in [6, 6.07) is 0.231. The summed E-state index contributed by atoms with van der Waals surface area (Å²) in [7, 11) is 1.87. The maximum Gasteiger partial charge on any atom is 0.307 e. The lowest BCUT2D eigenvalue weighted by Crippen LogP contribution is -2.65. The van der Waals surface area contributed by atoms with Gasteiger partial charge in [-0.25, -0.2) is 0 Å². The normalized spacial score (nSPS) is 35.7. The van der Waals surface area contributed by atoms with Crippen molar-refractivity contribution in [2.45, 2.75) is 64.0 Å². The van der Waals surface area contributed by atoms with Crippen molar-refractivity contribution in [2.24, 2.45) is 17.3 Å². The lowest BCUT2D eigenvalue weighted by Gasteiger charge is -2.57. The number of carboxylic acid groups (broad SMARTS) is 1. The molecule has 3 aliphatic rings. The van der Waals surface area contributed by atoms with Crippen LogP contribution in [0.15, 0.2) is 0 Å². The Balaban J connectivity index is 1.68. The van der Waals surface area contributed by atoms with Crippen LogP contribution >= 0.6 is 0 Å². The highest BCUT2D eigenvalue weighted by Gasteiger charge is 2.59. The van der Waals surface area contributed by atoms with Gasteiger partial charge < -0.3 is 14.7 Å². The van der Waals surface area contributed by atoms with E-state index < -0.39 is 11.9 Å². The number of carbonyl (C=O) groups is 2.